The van der Waals surface area contributed by atoms with Crippen LogP contribution in [0.25, 0.3) is 0 Å². The Morgan fingerprint density at radius 1 is 1.58 bits per heavy atom. The summed E-state index contributed by atoms with van der Waals surface area (Å²) in [6.45, 7) is 2.12. The van der Waals surface area contributed by atoms with Gasteiger partial charge in [0.2, 0.25) is 0 Å². The van der Waals surface area contributed by atoms with Gasteiger partial charge in [0.15, 0.2) is 0 Å². The van der Waals surface area contributed by atoms with Crippen LogP contribution in [0.2, 0.25) is 0 Å². The minimum Gasteiger partial charge on any atom is -0.380 e. The van der Waals surface area contributed by atoms with Crippen molar-refractivity contribution >= 4 is 17.3 Å². The summed E-state index contributed by atoms with van der Waals surface area (Å²) in [5.74, 6) is 4.75. The molecule has 0 spiro atoms. The van der Waals surface area contributed by atoms with Crippen molar-refractivity contribution in [1.29, 1.82) is 0 Å². The van der Waals surface area contributed by atoms with E-state index in [0.29, 0.717) is 6.54 Å². The van der Waals surface area contributed by atoms with Gasteiger partial charge in [-0.05, 0) is 19.1 Å². The fraction of sp³-hybridized carbons (Fsp3) is 0.364. The average molecular weight is 268 g/mol. The number of carbonyl (C=O) groups is 1. The molecule has 0 radical (unpaired) electrons. The standard InChI is InChI=1S/C11H16N4O4/c1-7(19-2)6-13-11(16)8-3-4-9(14-12)10(5-8)15(17)18/h3-5,7,14H,6,12H2,1-2H3,(H,13,16). The molecular weight excluding hydrogens is 252 g/mol. The van der Waals surface area contributed by atoms with Gasteiger partial charge in [-0.3, -0.25) is 20.8 Å². The van der Waals surface area contributed by atoms with Crippen LogP contribution in [0.15, 0.2) is 18.2 Å². The molecule has 0 aliphatic rings. The normalized spacial score (nSPS) is 11.7. The number of hydrogen-bond acceptors (Lipinski definition) is 6. The SMILES string of the molecule is COC(C)CNC(=O)c1ccc(NN)c([N+](=O)[O-])c1. The first kappa shape index (κ1) is 14.9. The zero-order chi connectivity index (χ0) is 14.4. The van der Waals surface area contributed by atoms with Crippen LogP contribution in [0.5, 0.6) is 0 Å². The second-order valence-corrected chi connectivity index (χ2v) is 3.89. The molecule has 19 heavy (non-hydrogen) atoms. The number of nitrogens with one attached hydrogen (secondary N) is 2. The minimum absolute atomic E-state index is 0.135. The van der Waals surface area contributed by atoms with Crippen molar-refractivity contribution in [3.8, 4) is 0 Å². The molecule has 8 heteroatoms. The fourth-order valence-corrected chi connectivity index (χ4v) is 1.37. The smallest absolute Gasteiger partial charge is 0.294 e. The third kappa shape index (κ3) is 3.90. The molecule has 0 heterocycles. The van der Waals surface area contributed by atoms with E-state index in [-0.39, 0.29) is 23.0 Å². The van der Waals surface area contributed by atoms with Gasteiger partial charge >= 0.3 is 0 Å². The average Bonchev–Trinajstić information content (AvgIpc) is 2.43. The van der Waals surface area contributed by atoms with Crippen molar-refractivity contribution in [3.05, 3.63) is 33.9 Å². The fourth-order valence-electron chi connectivity index (χ4n) is 1.37. The molecule has 0 saturated heterocycles. The maximum Gasteiger partial charge on any atom is 0.294 e. The molecular formula is C11H16N4O4. The quantitative estimate of drug-likeness (QED) is 0.396. The summed E-state index contributed by atoms with van der Waals surface area (Å²) in [5.41, 5.74) is 2.29. The number of methoxy groups -OCH3 is 1. The third-order valence-corrected chi connectivity index (χ3v) is 2.56. The van der Waals surface area contributed by atoms with Gasteiger partial charge in [0.05, 0.1) is 11.0 Å². The van der Waals surface area contributed by atoms with E-state index in [0.717, 1.165) is 0 Å². The Bertz CT molecular complexity index is 478. The highest BCUT2D eigenvalue weighted by Crippen LogP contribution is 2.24. The summed E-state index contributed by atoms with van der Waals surface area (Å²) in [4.78, 5) is 22.0. The molecule has 1 aromatic carbocycles. The lowest BCUT2D eigenvalue weighted by Gasteiger charge is -2.11. The molecule has 1 rings (SSSR count). The monoisotopic (exact) mass is 268 g/mol. The molecule has 1 unspecified atom stereocenters. The number of carbonyl (C=O) groups excluding carboxylic acids is 1. The predicted molar refractivity (Wildman–Crippen MR) is 69.7 cm³/mol. The van der Waals surface area contributed by atoms with Crippen LogP contribution in [0.3, 0.4) is 0 Å². The van der Waals surface area contributed by atoms with Crippen LogP contribution < -0.4 is 16.6 Å². The van der Waals surface area contributed by atoms with Gasteiger partial charge in [-0.25, -0.2) is 0 Å². The number of nitro groups is 1. The highest BCUT2D eigenvalue weighted by atomic mass is 16.6. The molecule has 0 fully saturated rings. The van der Waals surface area contributed by atoms with E-state index in [4.69, 9.17) is 10.6 Å². The number of ether oxygens (including phenoxy) is 1. The molecule has 1 amide bonds. The second-order valence-electron chi connectivity index (χ2n) is 3.89. The summed E-state index contributed by atoms with van der Waals surface area (Å²) in [5, 5.41) is 13.4. The molecule has 8 nitrogen and oxygen atoms in total. The molecule has 1 aromatic rings. The van der Waals surface area contributed by atoms with Gasteiger partial charge in [-0.2, -0.15) is 0 Å². The summed E-state index contributed by atoms with van der Waals surface area (Å²) < 4.78 is 4.99. The van der Waals surface area contributed by atoms with Crippen LogP contribution in [0.1, 0.15) is 17.3 Å². The van der Waals surface area contributed by atoms with E-state index in [1.54, 1.807) is 6.92 Å². The topological polar surface area (TPSA) is 120 Å². The van der Waals surface area contributed by atoms with Crippen molar-refractivity contribution in [3.63, 3.8) is 0 Å². The molecule has 4 N–H and O–H groups in total. The number of nitrogen functional groups attached to an aromatic ring is 1. The number of amides is 1. The Labute approximate surface area is 110 Å². The summed E-state index contributed by atoms with van der Waals surface area (Å²) >= 11 is 0. The lowest BCUT2D eigenvalue weighted by atomic mass is 10.1. The van der Waals surface area contributed by atoms with Gasteiger partial charge in [0, 0.05) is 25.3 Å². The van der Waals surface area contributed by atoms with Crippen LogP contribution in [0, 0.1) is 10.1 Å². The Morgan fingerprint density at radius 2 is 2.26 bits per heavy atom. The lowest BCUT2D eigenvalue weighted by Crippen LogP contribution is -2.31. The Hall–Kier alpha value is -2.19. The number of rotatable bonds is 6. The highest BCUT2D eigenvalue weighted by Gasteiger charge is 2.17. The zero-order valence-electron chi connectivity index (χ0n) is 10.7. The first-order chi connectivity index (χ1) is 8.99. The first-order valence-corrected chi connectivity index (χ1v) is 5.55. The lowest BCUT2D eigenvalue weighted by molar-refractivity contribution is -0.384. The number of hydrazine groups is 1. The zero-order valence-corrected chi connectivity index (χ0v) is 10.7. The molecule has 0 aromatic heterocycles. The Morgan fingerprint density at radius 3 is 2.79 bits per heavy atom. The molecule has 1 atom stereocenters. The number of benzene rings is 1. The van der Waals surface area contributed by atoms with Crippen molar-refractivity contribution < 1.29 is 14.5 Å². The summed E-state index contributed by atoms with van der Waals surface area (Å²) in [6.07, 6.45) is -0.135. The van der Waals surface area contributed by atoms with E-state index >= 15 is 0 Å². The van der Waals surface area contributed by atoms with Crippen LogP contribution in [-0.2, 0) is 4.74 Å². The minimum atomic E-state index is -0.607. The number of nitro benzene ring substituents is 1. The van der Waals surface area contributed by atoms with E-state index in [2.05, 4.69) is 10.7 Å². The number of nitrogens with zero attached hydrogens (tertiary/aromatic N) is 1. The van der Waals surface area contributed by atoms with E-state index in [1.807, 2.05) is 0 Å². The van der Waals surface area contributed by atoms with Gasteiger partial charge in [-0.15, -0.1) is 0 Å². The Kier molecular flexibility index (Phi) is 5.22. The Balaban J connectivity index is 2.86. The largest absolute Gasteiger partial charge is 0.380 e. The second kappa shape index (κ2) is 6.66. The van der Waals surface area contributed by atoms with Crippen molar-refractivity contribution in [1.82, 2.24) is 5.32 Å². The summed E-state index contributed by atoms with van der Waals surface area (Å²) in [6, 6.07) is 4.00. The van der Waals surface area contributed by atoms with Gasteiger partial charge in [0.1, 0.15) is 5.69 Å². The number of hydrogen-bond donors (Lipinski definition) is 3. The van der Waals surface area contributed by atoms with Crippen molar-refractivity contribution in [2.45, 2.75) is 13.0 Å². The van der Waals surface area contributed by atoms with Gasteiger partial charge < -0.3 is 15.5 Å². The molecule has 0 aliphatic heterocycles. The van der Waals surface area contributed by atoms with Crippen LogP contribution in [0.4, 0.5) is 11.4 Å². The number of anilines is 1. The highest BCUT2D eigenvalue weighted by molar-refractivity contribution is 5.95. The number of nitrogens with two attached hydrogens (primary N) is 1. The van der Waals surface area contributed by atoms with E-state index in [9.17, 15) is 14.9 Å². The van der Waals surface area contributed by atoms with E-state index < -0.39 is 10.8 Å². The molecule has 0 bridgehead atoms. The maximum atomic E-state index is 11.8. The van der Waals surface area contributed by atoms with Crippen LogP contribution >= 0.6 is 0 Å². The third-order valence-electron chi connectivity index (χ3n) is 2.56. The van der Waals surface area contributed by atoms with E-state index in [1.165, 1.54) is 25.3 Å². The molecule has 104 valence electrons. The van der Waals surface area contributed by atoms with Crippen molar-refractivity contribution in [2.75, 3.05) is 19.1 Å². The first-order valence-electron chi connectivity index (χ1n) is 5.55. The molecule has 0 saturated carbocycles. The maximum absolute atomic E-state index is 11.8. The van der Waals surface area contributed by atoms with Gasteiger partial charge in [-0.1, -0.05) is 0 Å². The van der Waals surface area contributed by atoms with Crippen molar-refractivity contribution in [2.24, 2.45) is 5.84 Å². The predicted octanol–water partition coefficient (Wildman–Crippen LogP) is 0.645. The molecule has 0 aliphatic carbocycles. The van der Waals surface area contributed by atoms with Gasteiger partial charge in [0.25, 0.3) is 11.6 Å². The summed E-state index contributed by atoms with van der Waals surface area (Å²) in [7, 11) is 1.53. The van der Waals surface area contributed by atoms with Crippen LogP contribution in [-0.4, -0.2) is 30.6 Å².